The Labute approximate surface area is 162 Å². The maximum atomic E-state index is 12.5. The van der Waals surface area contributed by atoms with E-state index in [1.165, 1.54) is 16.7 Å². The van der Waals surface area contributed by atoms with Crippen molar-refractivity contribution in [2.45, 2.75) is 32.6 Å². The van der Waals surface area contributed by atoms with Gasteiger partial charge in [0.2, 0.25) is 0 Å². The lowest BCUT2D eigenvalue weighted by Crippen LogP contribution is -2.63. The first kappa shape index (κ1) is 18.8. The van der Waals surface area contributed by atoms with Gasteiger partial charge in [0.25, 0.3) is 5.91 Å². The molecular formula is C18H21ClN4O2S. The molecule has 2 atom stereocenters. The van der Waals surface area contributed by atoms with Crippen molar-refractivity contribution < 1.29 is 9.59 Å². The smallest absolute Gasteiger partial charge is 0.325 e. The number of aryl methyl sites for hydroxylation is 1. The second kappa shape index (κ2) is 7.72. The summed E-state index contributed by atoms with van der Waals surface area (Å²) in [7, 11) is 1.66. The van der Waals surface area contributed by atoms with Gasteiger partial charge in [-0.25, -0.2) is 9.79 Å². The molecule has 1 N–H and O–H groups in total. The highest BCUT2D eigenvalue weighted by Gasteiger charge is 2.48. The van der Waals surface area contributed by atoms with E-state index in [1.807, 2.05) is 43.0 Å². The average molecular weight is 393 g/mol. The molecule has 0 radical (unpaired) electrons. The number of carbonyl (C=O) groups excluding carboxylic acids is 2. The van der Waals surface area contributed by atoms with Crippen LogP contribution in [0.1, 0.15) is 18.1 Å². The summed E-state index contributed by atoms with van der Waals surface area (Å²) < 4.78 is 0. The van der Waals surface area contributed by atoms with Gasteiger partial charge in [-0.15, -0.1) is 0 Å². The van der Waals surface area contributed by atoms with Crippen LogP contribution in [0.2, 0.25) is 0 Å². The predicted molar refractivity (Wildman–Crippen MR) is 105 cm³/mol. The number of fused-ring (bicyclic) bond motifs is 1. The van der Waals surface area contributed by atoms with Gasteiger partial charge >= 0.3 is 6.03 Å². The van der Waals surface area contributed by atoms with E-state index in [0.29, 0.717) is 17.3 Å². The molecule has 3 amide bonds. The third-order valence-electron chi connectivity index (χ3n) is 4.33. The van der Waals surface area contributed by atoms with Crippen LogP contribution in [-0.4, -0.2) is 51.9 Å². The normalized spacial score (nSPS) is 23.1. The Morgan fingerprint density at radius 1 is 1.42 bits per heavy atom. The number of rotatable bonds is 4. The van der Waals surface area contributed by atoms with Crippen LogP contribution in [-0.2, 0) is 11.3 Å². The molecule has 0 bridgehead atoms. The number of amides is 3. The Morgan fingerprint density at radius 3 is 2.88 bits per heavy atom. The van der Waals surface area contributed by atoms with E-state index in [9.17, 15) is 9.59 Å². The minimum Gasteiger partial charge on any atom is -0.331 e. The van der Waals surface area contributed by atoms with E-state index < -0.39 is 18.2 Å². The van der Waals surface area contributed by atoms with E-state index in [1.54, 1.807) is 7.05 Å². The highest BCUT2D eigenvalue weighted by atomic mass is 35.5. The molecule has 2 aliphatic rings. The summed E-state index contributed by atoms with van der Waals surface area (Å²) >= 11 is 7.42. The summed E-state index contributed by atoms with van der Waals surface area (Å²) in [6.45, 7) is 4.41. The number of benzene rings is 1. The van der Waals surface area contributed by atoms with Crippen LogP contribution in [0.15, 0.2) is 40.4 Å². The third-order valence-corrected chi connectivity index (χ3v) is 5.42. The number of urea groups is 1. The first-order chi connectivity index (χ1) is 12.4. The van der Waals surface area contributed by atoms with Crippen LogP contribution in [0.4, 0.5) is 4.79 Å². The van der Waals surface area contributed by atoms with Crippen molar-refractivity contribution in [1.29, 1.82) is 0 Å². The molecule has 1 aromatic carbocycles. The molecule has 2 heterocycles. The van der Waals surface area contributed by atoms with Crippen molar-refractivity contribution in [2.75, 3.05) is 12.8 Å². The number of nitrogens with one attached hydrogen (secondary N) is 1. The zero-order chi connectivity index (χ0) is 18.8. The Hall–Kier alpha value is -1.99. The van der Waals surface area contributed by atoms with Crippen molar-refractivity contribution in [3.8, 4) is 0 Å². The summed E-state index contributed by atoms with van der Waals surface area (Å²) in [5, 5.41) is 3.87. The van der Waals surface area contributed by atoms with Crippen molar-refractivity contribution >= 4 is 40.5 Å². The maximum Gasteiger partial charge on any atom is 0.325 e. The van der Waals surface area contributed by atoms with Gasteiger partial charge in [-0.1, -0.05) is 59.3 Å². The Kier molecular flexibility index (Phi) is 5.58. The third kappa shape index (κ3) is 3.88. The lowest BCUT2D eigenvalue weighted by Gasteiger charge is -2.36. The quantitative estimate of drug-likeness (QED) is 0.855. The molecule has 1 saturated heterocycles. The number of aliphatic imine (C=N–C) groups is 1. The molecule has 3 rings (SSSR count). The van der Waals surface area contributed by atoms with E-state index in [2.05, 4.69) is 16.4 Å². The number of hydrogen-bond donors (Lipinski definition) is 1. The fourth-order valence-corrected chi connectivity index (χ4v) is 4.20. The van der Waals surface area contributed by atoms with Gasteiger partial charge in [0.05, 0.1) is 0 Å². The number of thioether (sulfide) groups is 1. The molecule has 2 aliphatic heterocycles. The molecule has 8 heteroatoms. The highest BCUT2D eigenvalue weighted by molar-refractivity contribution is 8.13. The van der Waals surface area contributed by atoms with Crippen LogP contribution in [0.5, 0.6) is 0 Å². The van der Waals surface area contributed by atoms with E-state index in [0.717, 1.165) is 16.3 Å². The molecule has 0 aromatic heterocycles. The van der Waals surface area contributed by atoms with Crippen LogP contribution in [0.25, 0.3) is 0 Å². The van der Waals surface area contributed by atoms with Crippen LogP contribution in [0, 0.1) is 6.92 Å². The van der Waals surface area contributed by atoms with Gasteiger partial charge < -0.3 is 9.80 Å². The van der Waals surface area contributed by atoms with Gasteiger partial charge in [-0.2, -0.15) is 0 Å². The van der Waals surface area contributed by atoms with Gasteiger partial charge in [-0.3, -0.25) is 10.1 Å². The SMILES string of the molecule is C/C(Cl)=C\CSC1=NC2C(C(=O)NC(=O)N2C)N1Cc1cccc(C)c1. The van der Waals surface area contributed by atoms with Gasteiger partial charge in [-0.05, 0) is 19.4 Å². The van der Waals surface area contributed by atoms with E-state index in [-0.39, 0.29) is 5.91 Å². The molecule has 0 aliphatic carbocycles. The molecule has 26 heavy (non-hydrogen) atoms. The Morgan fingerprint density at radius 2 is 2.19 bits per heavy atom. The van der Waals surface area contributed by atoms with E-state index in [4.69, 9.17) is 11.6 Å². The summed E-state index contributed by atoms with van der Waals surface area (Å²) in [6.07, 6.45) is 1.39. The summed E-state index contributed by atoms with van der Waals surface area (Å²) in [5.41, 5.74) is 2.25. The minimum atomic E-state index is -0.526. The zero-order valence-electron chi connectivity index (χ0n) is 14.9. The number of imide groups is 1. The van der Waals surface area contributed by atoms with Crippen molar-refractivity contribution in [1.82, 2.24) is 15.1 Å². The number of carbonyl (C=O) groups is 2. The fraction of sp³-hybridized carbons (Fsp3) is 0.389. The minimum absolute atomic E-state index is 0.311. The molecule has 0 saturated carbocycles. The molecule has 138 valence electrons. The zero-order valence-corrected chi connectivity index (χ0v) is 16.5. The van der Waals surface area contributed by atoms with Gasteiger partial charge in [0.15, 0.2) is 17.4 Å². The molecule has 1 fully saturated rings. The lowest BCUT2D eigenvalue weighted by molar-refractivity contribution is -0.127. The number of hydrogen-bond acceptors (Lipinski definition) is 5. The number of halogens is 1. The number of allylic oxidation sites excluding steroid dienone is 1. The standard InChI is InChI=1S/C18H21ClN4O2S/c1-11-5-4-6-13(9-11)10-23-14-15(22(3)17(25)21-16(14)24)20-18(23)26-8-7-12(2)19/h4-7,9,14-15H,8,10H2,1-3H3,(H,21,24,25)/b12-7+. The Balaban J connectivity index is 1.88. The van der Waals surface area contributed by atoms with Crippen LogP contribution >= 0.6 is 23.4 Å². The van der Waals surface area contributed by atoms with Gasteiger partial charge in [0, 0.05) is 24.4 Å². The highest BCUT2D eigenvalue weighted by Crippen LogP contribution is 2.30. The average Bonchev–Trinajstić information content (AvgIpc) is 2.92. The largest absolute Gasteiger partial charge is 0.331 e. The Bertz CT molecular complexity index is 791. The number of likely N-dealkylation sites (N-methyl/N-ethyl adjacent to an activating group) is 1. The van der Waals surface area contributed by atoms with E-state index >= 15 is 0 Å². The predicted octanol–water partition coefficient (Wildman–Crippen LogP) is 2.92. The van der Waals surface area contributed by atoms with Crippen molar-refractivity contribution in [3.05, 3.63) is 46.5 Å². The monoisotopic (exact) mass is 392 g/mol. The molecule has 0 spiro atoms. The lowest BCUT2D eigenvalue weighted by atomic mass is 10.1. The van der Waals surface area contributed by atoms with Crippen LogP contribution < -0.4 is 5.32 Å². The fourth-order valence-electron chi connectivity index (χ4n) is 3.03. The molecule has 2 unspecified atom stereocenters. The molecular weight excluding hydrogens is 372 g/mol. The summed E-state index contributed by atoms with van der Waals surface area (Å²) in [5.74, 6) is 0.339. The molecule has 1 aromatic rings. The topological polar surface area (TPSA) is 65.0 Å². The van der Waals surface area contributed by atoms with Crippen molar-refractivity contribution in [2.24, 2.45) is 4.99 Å². The second-order valence-electron chi connectivity index (χ2n) is 6.39. The summed E-state index contributed by atoms with van der Waals surface area (Å²) in [4.78, 5) is 32.6. The first-order valence-electron chi connectivity index (χ1n) is 8.29. The number of amidine groups is 1. The first-order valence-corrected chi connectivity index (χ1v) is 9.66. The molecule has 6 nitrogen and oxygen atoms in total. The second-order valence-corrected chi connectivity index (χ2v) is 7.98. The number of nitrogens with zero attached hydrogens (tertiary/aromatic N) is 3. The maximum absolute atomic E-state index is 12.5. The van der Waals surface area contributed by atoms with Crippen molar-refractivity contribution in [3.63, 3.8) is 0 Å². The van der Waals surface area contributed by atoms with Crippen LogP contribution in [0.3, 0.4) is 0 Å². The van der Waals surface area contributed by atoms with Gasteiger partial charge in [0.1, 0.15) is 0 Å². The summed E-state index contributed by atoms with van der Waals surface area (Å²) in [6, 6.07) is 7.21.